The molecular weight excluding hydrogens is 324 g/mol. The lowest BCUT2D eigenvalue weighted by Crippen LogP contribution is -2.22. The fourth-order valence-electron chi connectivity index (χ4n) is 1.89. The van der Waals surface area contributed by atoms with E-state index >= 15 is 0 Å². The highest BCUT2D eigenvalue weighted by Crippen LogP contribution is 2.12. The number of amides is 1. The van der Waals surface area contributed by atoms with E-state index in [0.717, 1.165) is 5.56 Å². The van der Waals surface area contributed by atoms with Crippen LogP contribution < -0.4 is 10.7 Å². The molecule has 2 aromatic rings. The standard InChI is InChI=1S/C16H16N6O3/c1-3-25-16(24)13-14(19-9-18-13)22-21-12(8-17)15(23)20-11-6-4-5-10(2)7-11/h4-7,9,22H,3H2,1-2H3,(H,18,19)(H,20,23)/b21-12+. The number of aryl methyl sites for hydroxylation is 1. The van der Waals surface area contributed by atoms with E-state index in [2.05, 4.69) is 25.8 Å². The number of hydrazone groups is 1. The van der Waals surface area contributed by atoms with Gasteiger partial charge in [-0.2, -0.15) is 10.4 Å². The van der Waals surface area contributed by atoms with Gasteiger partial charge in [0.05, 0.1) is 12.9 Å². The van der Waals surface area contributed by atoms with Gasteiger partial charge in [0.15, 0.2) is 11.5 Å². The third-order valence-electron chi connectivity index (χ3n) is 2.99. The number of anilines is 2. The molecule has 0 aliphatic rings. The predicted molar refractivity (Wildman–Crippen MR) is 91.0 cm³/mol. The average Bonchev–Trinajstić information content (AvgIpc) is 3.04. The maximum Gasteiger partial charge on any atom is 0.358 e. The van der Waals surface area contributed by atoms with Gasteiger partial charge in [-0.15, -0.1) is 0 Å². The van der Waals surface area contributed by atoms with Crippen LogP contribution in [0, 0.1) is 18.3 Å². The summed E-state index contributed by atoms with van der Waals surface area (Å²) >= 11 is 0. The highest BCUT2D eigenvalue weighted by atomic mass is 16.5. The van der Waals surface area contributed by atoms with Crippen LogP contribution in [0.4, 0.5) is 11.5 Å². The van der Waals surface area contributed by atoms with E-state index in [-0.39, 0.29) is 18.1 Å². The second kappa shape index (κ2) is 8.26. The number of hydrogen-bond donors (Lipinski definition) is 3. The van der Waals surface area contributed by atoms with Crippen molar-refractivity contribution in [3.8, 4) is 6.07 Å². The molecule has 0 atom stereocenters. The summed E-state index contributed by atoms with van der Waals surface area (Å²) in [6, 6.07) is 8.80. The first-order chi connectivity index (χ1) is 12.0. The number of nitrogens with zero attached hydrogens (tertiary/aromatic N) is 3. The predicted octanol–water partition coefficient (Wildman–Crippen LogP) is 1.82. The van der Waals surface area contributed by atoms with Crippen LogP contribution in [0.15, 0.2) is 35.7 Å². The molecule has 3 N–H and O–H groups in total. The lowest BCUT2D eigenvalue weighted by atomic mass is 10.2. The molecule has 1 aromatic heterocycles. The van der Waals surface area contributed by atoms with E-state index in [4.69, 9.17) is 10.00 Å². The Labute approximate surface area is 143 Å². The number of imidazole rings is 1. The summed E-state index contributed by atoms with van der Waals surface area (Å²) in [6.45, 7) is 3.75. The van der Waals surface area contributed by atoms with E-state index < -0.39 is 17.6 Å². The number of ether oxygens (including phenoxy) is 1. The van der Waals surface area contributed by atoms with Crippen molar-refractivity contribution < 1.29 is 14.3 Å². The van der Waals surface area contributed by atoms with E-state index in [0.29, 0.717) is 5.69 Å². The Hall–Kier alpha value is -3.67. The Morgan fingerprint density at radius 1 is 1.44 bits per heavy atom. The van der Waals surface area contributed by atoms with Crippen molar-refractivity contribution >= 4 is 29.1 Å². The molecule has 0 radical (unpaired) electrons. The Kier molecular flexibility index (Phi) is 5.84. The summed E-state index contributed by atoms with van der Waals surface area (Å²) in [6.07, 6.45) is 1.27. The van der Waals surface area contributed by atoms with Gasteiger partial charge >= 0.3 is 5.97 Å². The molecule has 1 amide bonds. The molecular formula is C16H16N6O3. The number of H-pyrrole nitrogens is 1. The van der Waals surface area contributed by atoms with E-state index in [1.807, 2.05) is 13.0 Å². The molecule has 9 heteroatoms. The Bertz CT molecular complexity index is 850. The average molecular weight is 340 g/mol. The third kappa shape index (κ3) is 4.65. The van der Waals surface area contributed by atoms with Crippen LogP contribution in [-0.2, 0) is 9.53 Å². The lowest BCUT2D eigenvalue weighted by Gasteiger charge is -2.05. The van der Waals surface area contributed by atoms with E-state index in [9.17, 15) is 9.59 Å². The number of hydrogen-bond acceptors (Lipinski definition) is 7. The van der Waals surface area contributed by atoms with Gasteiger partial charge in [0.1, 0.15) is 6.07 Å². The van der Waals surface area contributed by atoms with E-state index in [1.165, 1.54) is 6.33 Å². The van der Waals surface area contributed by atoms with Crippen molar-refractivity contribution in [2.45, 2.75) is 13.8 Å². The molecule has 2 rings (SSSR count). The Morgan fingerprint density at radius 2 is 2.24 bits per heavy atom. The molecule has 0 saturated carbocycles. The van der Waals surface area contributed by atoms with Gasteiger partial charge in [-0.05, 0) is 31.5 Å². The van der Waals surface area contributed by atoms with Crippen molar-refractivity contribution in [3.05, 3.63) is 41.9 Å². The van der Waals surface area contributed by atoms with Crippen molar-refractivity contribution in [1.82, 2.24) is 9.97 Å². The first-order valence-corrected chi connectivity index (χ1v) is 7.37. The summed E-state index contributed by atoms with van der Waals surface area (Å²) in [5.74, 6) is -1.26. The minimum absolute atomic E-state index is 0.0435. The van der Waals surface area contributed by atoms with E-state index in [1.54, 1.807) is 31.2 Å². The van der Waals surface area contributed by atoms with Gasteiger partial charge in [-0.3, -0.25) is 10.2 Å². The van der Waals surface area contributed by atoms with Gasteiger partial charge in [0.2, 0.25) is 5.71 Å². The molecule has 0 aliphatic heterocycles. The number of rotatable bonds is 6. The molecule has 0 spiro atoms. The molecule has 0 saturated heterocycles. The van der Waals surface area contributed by atoms with Crippen molar-refractivity contribution in [1.29, 1.82) is 5.26 Å². The molecule has 9 nitrogen and oxygen atoms in total. The van der Waals surface area contributed by atoms with Crippen LogP contribution in [0.2, 0.25) is 0 Å². The maximum absolute atomic E-state index is 12.1. The van der Waals surface area contributed by atoms with Gasteiger partial charge in [0.25, 0.3) is 5.91 Å². The second-order valence-electron chi connectivity index (χ2n) is 4.85. The van der Waals surface area contributed by atoms with Crippen LogP contribution in [-0.4, -0.2) is 34.2 Å². The van der Waals surface area contributed by atoms with Crippen molar-refractivity contribution in [3.63, 3.8) is 0 Å². The second-order valence-corrected chi connectivity index (χ2v) is 4.85. The Balaban J connectivity index is 2.11. The summed E-state index contributed by atoms with van der Waals surface area (Å²) in [4.78, 5) is 30.3. The van der Waals surface area contributed by atoms with Crippen molar-refractivity contribution in [2.75, 3.05) is 17.3 Å². The molecule has 0 aliphatic carbocycles. The fraction of sp³-hybridized carbons (Fsp3) is 0.188. The van der Waals surface area contributed by atoms with Gasteiger partial charge in [0, 0.05) is 5.69 Å². The van der Waals surface area contributed by atoms with Crippen LogP contribution in [0.1, 0.15) is 23.0 Å². The number of esters is 1. The number of benzene rings is 1. The molecule has 1 heterocycles. The summed E-state index contributed by atoms with van der Waals surface area (Å²) in [5, 5.41) is 15.4. The van der Waals surface area contributed by atoms with Crippen molar-refractivity contribution in [2.24, 2.45) is 5.10 Å². The third-order valence-corrected chi connectivity index (χ3v) is 2.99. The molecule has 25 heavy (non-hydrogen) atoms. The van der Waals surface area contributed by atoms with Gasteiger partial charge < -0.3 is 15.0 Å². The first-order valence-electron chi connectivity index (χ1n) is 7.37. The molecule has 0 unspecified atom stereocenters. The largest absolute Gasteiger partial charge is 0.461 e. The number of aromatic nitrogens is 2. The van der Waals surface area contributed by atoms with Gasteiger partial charge in [-0.1, -0.05) is 12.1 Å². The first kappa shape index (κ1) is 17.7. The number of carbonyl (C=O) groups excluding carboxylic acids is 2. The normalized spacial score (nSPS) is 10.7. The quantitative estimate of drug-likeness (QED) is 0.417. The smallest absolute Gasteiger partial charge is 0.358 e. The SMILES string of the molecule is CCOC(=O)c1[nH]cnc1N/N=C(\C#N)C(=O)Nc1cccc(C)c1. The zero-order chi connectivity index (χ0) is 18.2. The summed E-state index contributed by atoms with van der Waals surface area (Å²) in [7, 11) is 0. The zero-order valence-electron chi connectivity index (χ0n) is 13.7. The molecule has 0 bridgehead atoms. The van der Waals surface area contributed by atoms with Crippen LogP contribution >= 0.6 is 0 Å². The maximum atomic E-state index is 12.1. The molecule has 128 valence electrons. The minimum atomic E-state index is -0.686. The molecule has 0 fully saturated rings. The number of aromatic amines is 1. The minimum Gasteiger partial charge on any atom is -0.461 e. The number of carbonyl (C=O) groups is 2. The van der Waals surface area contributed by atoms with Crippen LogP contribution in [0.3, 0.4) is 0 Å². The lowest BCUT2D eigenvalue weighted by molar-refractivity contribution is -0.110. The van der Waals surface area contributed by atoms with Crippen LogP contribution in [0.5, 0.6) is 0 Å². The Morgan fingerprint density at radius 3 is 2.92 bits per heavy atom. The topological polar surface area (TPSA) is 132 Å². The summed E-state index contributed by atoms with van der Waals surface area (Å²) in [5.41, 5.74) is 3.55. The monoisotopic (exact) mass is 340 g/mol. The number of nitrogens with one attached hydrogen (secondary N) is 3. The molecule has 1 aromatic carbocycles. The fourth-order valence-corrected chi connectivity index (χ4v) is 1.89. The van der Waals surface area contributed by atoms with Gasteiger partial charge in [-0.25, -0.2) is 9.78 Å². The summed E-state index contributed by atoms with van der Waals surface area (Å²) < 4.78 is 4.85. The highest BCUT2D eigenvalue weighted by Gasteiger charge is 2.16. The zero-order valence-corrected chi connectivity index (χ0v) is 13.7. The number of nitriles is 1. The highest BCUT2D eigenvalue weighted by molar-refractivity contribution is 6.48. The van der Waals surface area contributed by atoms with Crippen LogP contribution in [0.25, 0.3) is 0 Å².